The molecule has 1 aromatic rings. The third-order valence-corrected chi connectivity index (χ3v) is 4.40. The van der Waals surface area contributed by atoms with E-state index in [1.54, 1.807) is 0 Å². The topological polar surface area (TPSA) is 88.1 Å². The highest BCUT2D eigenvalue weighted by molar-refractivity contribution is 5.69. The van der Waals surface area contributed by atoms with Crippen molar-refractivity contribution in [3.8, 4) is 0 Å². The molecule has 2 unspecified atom stereocenters. The molecular weight excluding hydrogens is 336 g/mol. The molecule has 2 amide bonds. The summed E-state index contributed by atoms with van der Waals surface area (Å²) in [6, 6.07) is 9.38. The fourth-order valence-corrected chi connectivity index (χ4v) is 2.73. The second-order valence-corrected chi connectivity index (χ2v) is 7.44. The predicted molar refractivity (Wildman–Crippen MR) is 96.5 cm³/mol. The minimum atomic E-state index is -0.747. The number of nitrogens with one attached hydrogen (secondary N) is 1. The molecule has 1 heterocycles. The first-order valence-corrected chi connectivity index (χ1v) is 8.84. The lowest BCUT2D eigenvalue weighted by atomic mass is 9.87. The second-order valence-electron chi connectivity index (χ2n) is 7.44. The standard InChI is InChI=1S/C19H28N2O5/c1-14(2)10-26-18(24)21-9-16(22)19(3,13-21)12-20-17(23)25-11-15-7-5-4-6-8-15/h4-8,14,16,22H,9-13H2,1-3H3,(H,20,23). The van der Waals surface area contributed by atoms with Gasteiger partial charge in [0.05, 0.1) is 19.3 Å². The normalized spacial score (nSPS) is 22.3. The maximum absolute atomic E-state index is 12.1. The summed E-state index contributed by atoms with van der Waals surface area (Å²) >= 11 is 0. The number of rotatable bonds is 6. The van der Waals surface area contributed by atoms with Crippen molar-refractivity contribution in [3.05, 3.63) is 35.9 Å². The minimum Gasteiger partial charge on any atom is -0.449 e. The molecule has 7 heteroatoms. The van der Waals surface area contributed by atoms with Gasteiger partial charge in [-0.1, -0.05) is 51.1 Å². The second kappa shape index (κ2) is 8.89. The van der Waals surface area contributed by atoms with Gasteiger partial charge >= 0.3 is 12.2 Å². The highest BCUT2D eigenvalue weighted by Crippen LogP contribution is 2.30. The van der Waals surface area contributed by atoms with Gasteiger partial charge in [0.2, 0.25) is 0 Å². The number of alkyl carbamates (subject to hydrolysis) is 1. The number of carbonyl (C=O) groups is 2. The third-order valence-electron chi connectivity index (χ3n) is 4.40. The molecule has 2 atom stereocenters. The molecule has 0 aromatic heterocycles. The molecular formula is C19H28N2O5. The largest absolute Gasteiger partial charge is 0.449 e. The van der Waals surface area contributed by atoms with Crippen molar-refractivity contribution in [2.24, 2.45) is 11.3 Å². The fourth-order valence-electron chi connectivity index (χ4n) is 2.73. The fraction of sp³-hybridized carbons (Fsp3) is 0.579. The Hall–Kier alpha value is -2.28. The Morgan fingerprint density at radius 3 is 2.65 bits per heavy atom. The molecule has 0 radical (unpaired) electrons. The van der Waals surface area contributed by atoms with Crippen molar-refractivity contribution < 1.29 is 24.2 Å². The van der Waals surface area contributed by atoms with Crippen LogP contribution in [0.3, 0.4) is 0 Å². The molecule has 7 nitrogen and oxygen atoms in total. The van der Waals surface area contributed by atoms with Gasteiger partial charge in [-0.05, 0) is 11.5 Å². The SMILES string of the molecule is CC(C)COC(=O)N1CC(O)C(C)(CNC(=O)OCc2ccccc2)C1. The van der Waals surface area contributed by atoms with Gasteiger partial charge in [-0.2, -0.15) is 0 Å². The van der Waals surface area contributed by atoms with Gasteiger partial charge in [0.1, 0.15) is 6.61 Å². The maximum atomic E-state index is 12.1. The molecule has 26 heavy (non-hydrogen) atoms. The van der Waals surface area contributed by atoms with Gasteiger partial charge in [-0.15, -0.1) is 0 Å². The Labute approximate surface area is 154 Å². The van der Waals surface area contributed by atoms with Crippen LogP contribution in [-0.4, -0.2) is 54.5 Å². The van der Waals surface area contributed by atoms with Crippen molar-refractivity contribution in [3.63, 3.8) is 0 Å². The van der Waals surface area contributed by atoms with E-state index in [0.29, 0.717) is 13.2 Å². The van der Waals surface area contributed by atoms with Gasteiger partial charge in [0.15, 0.2) is 0 Å². The number of β-amino-alcohol motifs (C(OH)–C–C–N with tert-alkyl or cyclic N) is 1. The highest BCUT2D eigenvalue weighted by Gasteiger charge is 2.44. The first kappa shape index (κ1) is 20.0. The van der Waals surface area contributed by atoms with E-state index in [2.05, 4.69) is 5.32 Å². The Morgan fingerprint density at radius 2 is 2.00 bits per heavy atom. The molecule has 1 aromatic carbocycles. The zero-order chi connectivity index (χ0) is 19.2. The van der Waals surface area contributed by atoms with Gasteiger partial charge < -0.3 is 24.8 Å². The lowest BCUT2D eigenvalue weighted by Gasteiger charge is -2.27. The highest BCUT2D eigenvalue weighted by atomic mass is 16.6. The summed E-state index contributed by atoms with van der Waals surface area (Å²) < 4.78 is 10.4. The van der Waals surface area contributed by atoms with Crippen molar-refractivity contribution >= 4 is 12.2 Å². The number of benzene rings is 1. The van der Waals surface area contributed by atoms with E-state index >= 15 is 0 Å². The predicted octanol–water partition coefficient (Wildman–Crippen LogP) is 2.39. The molecule has 1 saturated heterocycles. The van der Waals surface area contributed by atoms with Crippen LogP contribution in [0.25, 0.3) is 0 Å². The summed E-state index contributed by atoms with van der Waals surface area (Å²) in [4.78, 5) is 25.4. The van der Waals surface area contributed by atoms with E-state index in [1.165, 1.54) is 4.90 Å². The number of nitrogens with zero attached hydrogens (tertiary/aromatic N) is 1. The van der Waals surface area contributed by atoms with Gasteiger partial charge in [0.25, 0.3) is 0 Å². The smallest absolute Gasteiger partial charge is 0.409 e. The first-order valence-electron chi connectivity index (χ1n) is 8.84. The molecule has 144 valence electrons. The zero-order valence-corrected chi connectivity index (χ0v) is 15.6. The Morgan fingerprint density at radius 1 is 1.31 bits per heavy atom. The summed E-state index contributed by atoms with van der Waals surface area (Å²) in [5, 5.41) is 13.0. The Kier molecular flexibility index (Phi) is 6.85. The number of aliphatic hydroxyl groups excluding tert-OH is 1. The van der Waals surface area contributed by atoms with Crippen LogP contribution in [0.4, 0.5) is 9.59 Å². The van der Waals surface area contributed by atoms with Crippen LogP contribution in [0.2, 0.25) is 0 Å². The number of hydrogen-bond donors (Lipinski definition) is 2. The molecule has 1 aliphatic heterocycles. The zero-order valence-electron chi connectivity index (χ0n) is 15.6. The molecule has 0 saturated carbocycles. The number of amides is 2. The molecule has 1 fully saturated rings. The van der Waals surface area contributed by atoms with Gasteiger partial charge in [-0.25, -0.2) is 9.59 Å². The van der Waals surface area contributed by atoms with Crippen LogP contribution >= 0.6 is 0 Å². The maximum Gasteiger partial charge on any atom is 0.409 e. The number of ether oxygens (including phenoxy) is 2. The number of aliphatic hydroxyl groups is 1. The third kappa shape index (κ3) is 5.62. The molecule has 0 bridgehead atoms. The molecule has 1 aliphatic rings. The summed E-state index contributed by atoms with van der Waals surface area (Å²) in [5.41, 5.74) is 0.247. The van der Waals surface area contributed by atoms with Crippen LogP contribution in [0, 0.1) is 11.3 Å². The van der Waals surface area contributed by atoms with Gasteiger partial charge in [-0.3, -0.25) is 0 Å². The van der Waals surface area contributed by atoms with Gasteiger partial charge in [0, 0.05) is 18.5 Å². The first-order chi connectivity index (χ1) is 12.3. The van der Waals surface area contributed by atoms with Crippen LogP contribution < -0.4 is 5.32 Å². The van der Waals surface area contributed by atoms with Crippen LogP contribution in [-0.2, 0) is 16.1 Å². The van der Waals surface area contributed by atoms with E-state index < -0.39 is 23.7 Å². The lowest BCUT2D eigenvalue weighted by molar-refractivity contribution is 0.0769. The summed E-state index contributed by atoms with van der Waals surface area (Å²) in [6.45, 7) is 6.97. The Balaban J connectivity index is 1.78. The molecule has 2 N–H and O–H groups in total. The summed E-state index contributed by atoms with van der Waals surface area (Å²) in [5.74, 6) is 0.249. The average molecular weight is 364 g/mol. The average Bonchev–Trinajstić information content (AvgIpc) is 2.92. The number of hydrogen-bond acceptors (Lipinski definition) is 5. The quantitative estimate of drug-likeness (QED) is 0.809. The summed E-state index contributed by atoms with van der Waals surface area (Å²) in [7, 11) is 0. The van der Waals surface area contributed by atoms with E-state index in [4.69, 9.17) is 9.47 Å². The van der Waals surface area contributed by atoms with Crippen LogP contribution in [0.15, 0.2) is 30.3 Å². The van der Waals surface area contributed by atoms with E-state index in [9.17, 15) is 14.7 Å². The molecule has 0 spiro atoms. The molecule has 0 aliphatic carbocycles. The van der Waals surface area contributed by atoms with Crippen molar-refractivity contribution in [1.29, 1.82) is 0 Å². The monoisotopic (exact) mass is 364 g/mol. The van der Waals surface area contributed by atoms with E-state index in [1.807, 2.05) is 51.1 Å². The lowest BCUT2D eigenvalue weighted by Crippen LogP contribution is -2.43. The number of likely N-dealkylation sites (tertiary alicyclic amines) is 1. The van der Waals surface area contributed by atoms with E-state index in [-0.39, 0.29) is 25.6 Å². The summed E-state index contributed by atoms with van der Waals surface area (Å²) in [6.07, 6.45) is -1.74. The molecule has 2 rings (SSSR count). The van der Waals surface area contributed by atoms with E-state index in [0.717, 1.165) is 5.56 Å². The minimum absolute atomic E-state index is 0.180. The van der Waals surface area contributed by atoms with Crippen LogP contribution in [0.5, 0.6) is 0 Å². The Bertz CT molecular complexity index is 607. The van der Waals surface area contributed by atoms with Crippen LogP contribution in [0.1, 0.15) is 26.3 Å². The van der Waals surface area contributed by atoms with Crippen molar-refractivity contribution in [2.45, 2.75) is 33.5 Å². The van der Waals surface area contributed by atoms with Crippen molar-refractivity contribution in [2.75, 3.05) is 26.2 Å². The number of carbonyl (C=O) groups excluding carboxylic acids is 2. The van der Waals surface area contributed by atoms with Crippen molar-refractivity contribution in [1.82, 2.24) is 10.2 Å².